The molecule has 1 aromatic heterocycles. The molecule has 0 spiro atoms. The molecule has 0 amide bonds. The lowest BCUT2D eigenvalue weighted by Gasteiger charge is -1.94. The Bertz CT molecular complexity index is 276. The van der Waals surface area contributed by atoms with Crippen molar-refractivity contribution in [1.29, 1.82) is 0 Å². The Morgan fingerprint density at radius 3 is 2.92 bits per heavy atom. The predicted octanol–water partition coefficient (Wildman–Crippen LogP) is 0.480. The highest BCUT2D eigenvalue weighted by atomic mass is 32.1. The summed E-state index contributed by atoms with van der Waals surface area (Å²) in [5.74, 6) is -0.353. The number of carbonyl (C=O) groups excluding carboxylic acids is 1. The van der Waals surface area contributed by atoms with E-state index in [0.29, 0.717) is 12.3 Å². The summed E-state index contributed by atoms with van der Waals surface area (Å²) in [7, 11) is 0. The quantitative estimate of drug-likeness (QED) is 0.402. The fourth-order valence-corrected chi connectivity index (χ4v) is 0.983. The molecular weight excluding hydrogens is 176 g/mol. The second-order valence-electron chi connectivity index (χ2n) is 2.34. The summed E-state index contributed by atoms with van der Waals surface area (Å²) in [5.41, 5.74) is 1.28. The molecular formula is C7H11N2O2S+. The van der Waals surface area contributed by atoms with E-state index in [9.17, 15) is 4.79 Å². The van der Waals surface area contributed by atoms with Gasteiger partial charge in [-0.15, -0.1) is 5.10 Å². The first kappa shape index (κ1) is 9.12. The third kappa shape index (κ3) is 1.79. The molecule has 0 aromatic carbocycles. The molecule has 0 atom stereocenters. The first-order valence-corrected chi connectivity index (χ1v) is 4.03. The zero-order valence-corrected chi connectivity index (χ0v) is 7.89. The second-order valence-corrected chi connectivity index (χ2v) is 2.74. The van der Waals surface area contributed by atoms with Crippen molar-refractivity contribution >= 4 is 18.8 Å². The molecule has 4 nitrogen and oxygen atoms in total. The average molecular weight is 187 g/mol. The van der Waals surface area contributed by atoms with Crippen LogP contribution in [0.15, 0.2) is 6.07 Å². The van der Waals surface area contributed by atoms with Crippen molar-refractivity contribution in [2.75, 3.05) is 6.61 Å². The number of rotatable bonds is 2. The molecule has 0 aliphatic heterocycles. The highest BCUT2D eigenvalue weighted by Crippen LogP contribution is 1.98. The lowest BCUT2D eigenvalue weighted by Crippen LogP contribution is -2.26. The van der Waals surface area contributed by atoms with Crippen molar-refractivity contribution in [2.45, 2.75) is 13.8 Å². The van der Waals surface area contributed by atoms with Crippen molar-refractivity contribution in [1.82, 2.24) is 5.10 Å². The third-order valence-electron chi connectivity index (χ3n) is 1.41. The van der Waals surface area contributed by atoms with Gasteiger partial charge in [-0.2, -0.15) is 0 Å². The molecule has 0 saturated carbocycles. The number of hydrogen-bond acceptors (Lipinski definition) is 3. The summed E-state index contributed by atoms with van der Waals surface area (Å²) in [4.78, 5) is 11.1. The predicted molar refractivity (Wildman–Crippen MR) is 46.1 cm³/mol. The van der Waals surface area contributed by atoms with Gasteiger partial charge in [0.1, 0.15) is 0 Å². The molecule has 0 fully saturated rings. The van der Waals surface area contributed by atoms with Crippen LogP contribution in [-0.2, 0) is 4.74 Å². The Morgan fingerprint density at radius 2 is 2.50 bits per heavy atom. The number of carbonyl (C=O) groups is 1. The van der Waals surface area contributed by atoms with Crippen molar-refractivity contribution in [3.05, 3.63) is 17.5 Å². The molecule has 0 unspecified atom stereocenters. The van der Waals surface area contributed by atoms with Crippen molar-refractivity contribution in [2.24, 2.45) is 0 Å². The van der Waals surface area contributed by atoms with E-state index < -0.39 is 0 Å². The Morgan fingerprint density at radius 1 is 1.83 bits per heavy atom. The van der Waals surface area contributed by atoms with Gasteiger partial charge in [-0.1, -0.05) is 0 Å². The highest BCUT2D eigenvalue weighted by molar-refractivity contribution is 7.73. The monoisotopic (exact) mass is 187 g/mol. The van der Waals surface area contributed by atoms with E-state index in [1.807, 2.05) is 6.92 Å². The van der Waals surface area contributed by atoms with Crippen LogP contribution in [0.3, 0.4) is 0 Å². The lowest BCUT2D eigenvalue weighted by atomic mass is 10.4. The van der Waals surface area contributed by atoms with E-state index in [1.54, 1.807) is 13.0 Å². The van der Waals surface area contributed by atoms with Gasteiger partial charge in [0, 0.05) is 13.0 Å². The summed E-state index contributed by atoms with van der Waals surface area (Å²) < 4.78 is 6.24. The molecule has 0 bridgehead atoms. The summed E-state index contributed by atoms with van der Waals surface area (Å²) in [6.45, 7) is 3.98. The summed E-state index contributed by atoms with van der Waals surface area (Å²) >= 11 is 4.03. The van der Waals surface area contributed by atoms with Crippen LogP contribution in [0, 0.1) is 6.92 Å². The molecule has 0 aliphatic rings. The van der Waals surface area contributed by atoms with Crippen LogP contribution in [0.1, 0.15) is 23.1 Å². The fourth-order valence-electron chi connectivity index (χ4n) is 0.818. The van der Waals surface area contributed by atoms with Crippen LogP contribution in [0.2, 0.25) is 0 Å². The molecule has 66 valence electrons. The zero-order valence-electron chi connectivity index (χ0n) is 7.00. The van der Waals surface area contributed by atoms with Gasteiger partial charge in [0.2, 0.25) is 5.69 Å². The molecule has 1 heterocycles. The number of ether oxygens (including phenoxy) is 1. The molecule has 0 aliphatic carbocycles. The first-order chi connectivity index (χ1) is 5.65. The van der Waals surface area contributed by atoms with E-state index in [0.717, 1.165) is 5.69 Å². The maximum absolute atomic E-state index is 11.1. The van der Waals surface area contributed by atoms with Gasteiger partial charge < -0.3 is 4.74 Å². The Hall–Kier alpha value is -0.970. The molecule has 1 aromatic rings. The largest absolute Gasteiger partial charge is 0.461 e. The number of esters is 1. The zero-order chi connectivity index (χ0) is 9.14. The number of aromatic nitrogens is 2. The van der Waals surface area contributed by atoms with Gasteiger partial charge in [0.05, 0.1) is 6.61 Å². The van der Waals surface area contributed by atoms with Crippen molar-refractivity contribution in [3.8, 4) is 0 Å². The maximum Gasteiger partial charge on any atom is 0.360 e. The first-order valence-electron chi connectivity index (χ1n) is 3.63. The van der Waals surface area contributed by atoms with Gasteiger partial charge in [0.25, 0.3) is 0 Å². The van der Waals surface area contributed by atoms with Crippen LogP contribution >= 0.6 is 12.8 Å². The molecule has 1 rings (SSSR count). The minimum absolute atomic E-state index is 0.353. The molecule has 12 heavy (non-hydrogen) atoms. The molecule has 1 N–H and O–H groups in total. The average Bonchev–Trinajstić information content (AvgIpc) is 2.33. The van der Waals surface area contributed by atoms with Crippen molar-refractivity contribution < 1.29 is 13.6 Å². The normalized spacial score (nSPS) is 9.92. The number of nitrogens with zero attached hydrogens (tertiary/aromatic N) is 1. The van der Waals surface area contributed by atoms with Crippen LogP contribution in [0.4, 0.5) is 0 Å². The molecule has 5 heteroatoms. The van der Waals surface area contributed by atoms with E-state index in [1.165, 1.54) is 4.09 Å². The van der Waals surface area contributed by atoms with E-state index >= 15 is 0 Å². The van der Waals surface area contributed by atoms with Gasteiger partial charge >= 0.3 is 5.97 Å². The Kier molecular flexibility index (Phi) is 2.75. The molecule has 0 saturated heterocycles. The fraction of sp³-hybridized carbons (Fsp3) is 0.429. The van der Waals surface area contributed by atoms with Crippen LogP contribution in [-0.4, -0.2) is 17.7 Å². The highest BCUT2D eigenvalue weighted by Gasteiger charge is 2.15. The Labute approximate surface area is 76.1 Å². The van der Waals surface area contributed by atoms with Crippen LogP contribution in [0.25, 0.3) is 0 Å². The smallest absolute Gasteiger partial charge is 0.360 e. The van der Waals surface area contributed by atoms with E-state index in [2.05, 4.69) is 17.9 Å². The second kappa shape index (κ2) is 3.62. The van der Waals surface area contributed by atoms with Gasteiger partial charge in [0.15, 0.2) is 18.5 Å². The molecule has 0 radical (unpaired) electrons. The number of hydrogen-bond donors (Lipinski definition) is 2. The minimum Gasteiger partial charge on any atom is -0.461 e. The van der Waals surface area contributed by atoms with Crippen LogP contribution in [0.5, 0.6) is 0 Å². The van der Waals surface area contributed by atoms with Gasteiger partial charge in [-0.3, -0.25) is 0 Å². The number of H-pyrrole nitrogens is 1. The summed E-state index contributed by atoms with van der Waals surface area (Å²) in [6.07, 6.45) is 0. The topological polar surface area (TPSA) is 46.0 Å². The summed E-state index contributed by atoms with van der Waals surface area (Å²) in [6, 6.07) is 1.69. The lowest BCUT2D eigenvalue weighted by molar-refractivity contribution is -0.562. The number of aromatic amines is 1. The van der Waals surface area contributed by atoms with Gasteiger partial charge in [-0.25, -0.2) is 4.79 Å². The Balaban J connectivity index is 2.82. The van der Waals surface area contributed by atoms with E-state index in [4.69, 9.17) is 4.74 Å². The third-order valence-corrected chi connectivity index (χ3v) is 1.82. The van der Waals surface area contributed by atoms with Crippen molar-refractivity contribution in [3.63, 3.8) is 0 Å². The summed E-state index contributed by atoms with van der Waals surface area (Å²) in [5, 5.41) is 2.74. The minimum atomic E-state index is -0.353. The number of thiol groups is 1. The SMILES string of the molecule is CCOC(=O)c1cc(C)[n+](S)[nH]1. The standard InChI is InChI=1S/C7H10N2O2S/c1-3-11-7(10)6-4-5(2)9(12)8-6/h4,12H,3H2,1-2H3/p+1. The van der Waals surface area contributed by atoms with Gasteiger partial charge in [-0.05, 0) is 11.0 Å². The number of aryl methyl sites for hydroxylation is 1. The van der Waals surface area contributed by atoms with E-state index in [-0.39, 0.29) is 5.97 Å². The maximum atomic E-state index is 11.1. The number of nitrogens with one attached hydrogen (secondary N) is 1. The van der Waals surface area contributed by atoms with Crippen LogP contribution < -0.4 is 4.09 Å².